The Morgan fingerprint density at radius 2 is 1.19 bits per heavy atom. The molecule has 0 aromatic carbocycles. The zero-order chi connectivity index (χ0) is 16.9. The highest BCUT2D eigenvalue weighted by Gasteiger charge is 1.91. The highest BCUT2D eigenvalue weighted by Crippen LogP contribution is 2.02. The molecule has 130 valence electrons. The standard InChI is InChI=1S/C8H16O.C7H16.C3H6Cl2/c1-3-4-5-6-7-8(2)9;1-3-5-7-6-4-2;1-3(5)2-4/h3-7H2,1-2H3;3-7H2,1-2H3;3H,2H2,1H3. The summed E-state index contributed by atoms with van der Waals surface area (Å²) in [5.41, 5.74) is 0. The van der Waals surface area contributed by atoms with Crippen LogP contribution in [0.15, 0.2) is 0 Å². The van der Waals surface area contributed by atoms with Crippen molar-refractivity contribution >= 4 is 29.0 Å². The van der Waals surface area contributed by atoms with E-state index in [0.717, 1.165) is 12.8 Å². The Hall–Kier alpha value is 0.250. The van der Waals surface area contributed by atoms with Gasteiger partial charge in [0.15, 0.2) is 0 Å². The molecular weight excluding hydrogens is 303 g/mol. The minimum atomic E-state index is 0.122. The van der Waals surface area contributed by atoms with E-state index in [4.69, 9.17) is 23.2 Å². The van der Waals surface area contributed by atoms with Crippen molar-refractivity contribution < 1.29 is 4.79 Å². The summed E-state index contributed by atoms with van der Waals surface area (Å²) in [4.78, 5) is 10.4. The number of carbonyl (C=O) groups is 1. The lowest BCUT2D eigenvalue weighted by atomic mass is 10.1. The third kappa shape index (κ3) is 44.9. The van der Waals surface area contributed by atoms with Crippen LogP contribution >= 0.6 is 23.2 Å². The van der Waals surface area contributed by atoms with E-state index < -0.39 is 0 Å². The van der Waals surface area contributed by atoms with Crippen molar-refractivity contribution in [2.75, 3.05) is 5.88 Å². The molecule has 1 unspecified atom stereocenters. The van der Waals surface area contributed by atoms with Crippen LogP contribution < -0.4 is 0 Å². The lowest BCUT2D eigenvalue weighted by molar-refractivity contribution is -0.117. The van der Waals surface area contributed by atoms with E-state index in [1.54, 1.807) is 6.92 Å². The lowest BCUT2D eigenvalue weighted by Crippen LogP contribution is -1.88. The molecule has 0 fully saturated rings. The number of ketones is 1. The van der Waals surface area contributed by atoms with Crippen LogP contribution in [0.5, 0.6) is 0 Å². The average Bonchev–Trinajstić information content (AvgIpc) is 2.45. The Morgan fingerprint density at radius 3 is 1.43 bits per heavy atom. The fourth-order valence-corrected chi connectivity index (χ4v) is 1.48. The van der Waals surface area contributed by atoms with Gasteiger partial charge in [-0.2, -0.15) is 0 Å². The summed E-state index contributed by atoms with van der Waals surface area (Å²) in [7, 11) is 0. The maximum Gasteiger partial charge on any atom is 0.129 e. The molecule has 0 saturated heterocycles. The largest absolute Gasteiger partial charge is 0.300 e. The first-order valence-corrected chi connectivity index (χ1v) is 9.62. The molecule has 0 aromatic rings. The number of unbranched alkanes of at least 4 members (excludes halogenated alkanes) is 7. The third-order valence-electron chi connectivity index (χ3n) is 2.80. The Balaban J connectivity index is -0.000000242. The predicted molar refractivity (Wildman–Crippen MR) is 99.9 cm³/mol. The maximum absolute atomic E-state index is 10.4. The molecule has 0 spiro atoms. The first kappa shape index (κ1) is 26.2. The molecule has 0 bridgehead atoms. The predicted octanol–water partition coefficient (Wildman–Crippen LogP) is 7.38. The van der Waals surface area contributed by atoms with Gasteiger partial charge in [-0.15, -0.1) is 23.2 Å². The Labute approximate surface area is 144 Å². The molecule has 0 aromatic heterocycles. The maximum atomic E-state index is 10.4. The van der Waals surface area contributed by atoms with Crippen LogP contribution in [0.2, 0.25) is 0 Å². The minimum Gasteiger partial charge on any atom is -0.300 e. The van der Waals surface area contributed by atoms with Gasteiger partial charge in [0.05, 0.1) is 0 Å². The van der Waals surface area contributed by atoms with E-state index in [-0.39, 0.29) is 5.38 Å². The Kier molecular flexibility index (Phi) is 31.4. The van der Waals surface area contributed by atoms with E-state index in [1.165, 1.54) is 51.4 Å². The van der Waals surface area contributed by atoms with Gasteiger partial charge >= 0.3 is 0 Å². The van der Waals surface area contributed by atoms with Gasteiger partial charge in [-0.25, -0.2) is 0 Å². The number of hydrogen-bond acceptors (Lipinski definition) is 1. The smallest absolute Gasteiger partial charge is 0.129 e. The van der Waals surface area contributed by atoms with Gasteiger partial charge in [0.2, 0.25) is 0 Å². The van der Waals surface area contributed by atoms with Crippen molar-refractivity contribution in [2.45, 2.75) is 104 Å². The van der Waals surface area contributed by atoms with E-state index in [0.29, 0.717) is 11.7 Å². The Morgan fingerprint density at radius 1 is 0.857 bits per heavy atom. The number of alkyl halides is 2. The molecule has 0 saturated carbocycles. The molecule has 1 atom stereocenters. The van der Waals surface area contributed by atoms with Crippen LogP contribution in [0.25, 0.3) is 0 Å². The molecule has 21 heavy (non-hydrogen) atoms. The lowest BCUT2D eigenvalue weighted by Gasteiger charge is -1.93. The van der Waals surface area contributed by atoms with Crippen molar-refractivity contribution in [1.82, 2.24) is 0 Å². The van der Waals surface area contributed by atoms with E-state index in [9.17, 15) is 4.79 Å². The monoisotopic (exact) mass is 340 g/mol. The van der Waals surface area contributed by atoms with Gasteiger partial charge in [-0.3, -0.25) is 0 Å². The normalized spacial score (nSPS) is 10.8. The fourth-order valence-electron chi connectivity index (χ4n) is 1.48. The number of carbonyl (C=O) groups excluding carboxylic acids is 1. The van der Waals surface area contributed by atoms with Crippen molar-refractivity contribution in [3.8, 4) is 0 Å². The zero-order valence-corrected chi connectivity index (χ0v) is 16.5. The number of Topliss-reactive ketones (excluding diaryl/α,β-unsaturated/α-hetero) is 1. The summed E-state index contributed by atoms with van der Waals surface area (Å²) in [6, 6.07) is 0. The second kappa shape index (κ2) is 25.2. The zero-order valence-electron chi connectivity index (χ0n) is 15.0. The van der Waals surface area contributed by atoms with E-state index in [2.05, 4.69) is 20.8 Å². The van der Waals surface area contributed by atoms with Gasteiger partial charge in [-0.1, -0.05) is 72.1 Å². The molecule has 0 N–H and O–H groups in total. The summed E-state index contributed by atoms with van der Waals surface area (Å²) in [5.74, 6) is 0.868. The van der Waals surface area contributed by atoms with Crippen molar-refractivity contribution in [2.24, 2.45) is 0 Å². The minimum absolute atomic E-state index is 0.122. The second-order valence-electron chi connectivity index (χ2n) is 5.51. The number of hydrogen-bond donors (Lipinski definition) is 0. The van der Waals surface area contributed by atoms with Crippen LogP contribution in [0.3, 0.4) is 0 Å². The Bertz CT molecular complexity index is 178. The quantitative estimate of drug-likeness (QED) is 0.299. The van der Waals surface area contributed by atoms with Crippen LogP contribution in [0.4, 0.5) is 0 Å². The molecule has 0 aliphatic rings. The first-order chi connectivity index (χ1) is 9.95. The van der Waals surface area contributed by atoms with Gasteiger partial charge in [0.25, 0.3) is 0 Å². The van der Waals surface area contributed by atoms with Crippen molar-refractivity contribution in [1.29, 1.82) is 0 Å². The van der Waals surface area contributed by atoms with Crippen molar-refractivity contribution in [3.63, 3.8) is 0 Å². The van der Waals surface area contributed by atoms with Crippen LogP contribution in [-0.2, 0) is 4.79 Å². The SMILES string of the molecule is CC(Cl)CCl.CCCCCCC.CCCCCCC(C)=O. The highest BCUT2D eigenvalue weighted by atomic mass is 35.5. The summed E-state index contributed by atoms with van der Waals surface area (Å²) in [6.45, 7) is 10.2. The molecule has 0 radical (unpaired) electrons. The molecular formula is C18H38Cl2O. The number of rotatable bonds is 10. The molecule has 0 rings (SSSR count). The fraction of sp³-hybridized carbons (Fsp3) is 0.944. The highest BCUT2D eigenvalue weighted by molar-refractivity contribution is 6.27. The average molecular weight is 341 g/mol. The van der Waals surface area contributed by atoms with Crippen molar-refractivity contribution in [3.05, 3.63) is 0 Å². The molecule has 0 amide bonds. The van der Waals surface area contributed by atoms with Crippen LogP contribution in [0, 0.1) is 0 Å². The summed E-state index contributed by atoms with van der Waals surface area (Å²) in [5, 5.41) is 0.122. The molecule has 0 aliphatic carbocycles. The molecule has 1 nitrogen and oxygen atoms in total. The van der Waals surface area contributed by atoms with Gasteiger partial charge in [0, 0.05) is 17.7 Å². The summed E-state index contributed by atoms with van der Waals surface area (Å²) in [6.07, 6.45) is 12.6. The first-order valence-electron chi connectivity index (χ1n) is 8.65. The van der Waals surface area contributed by atoms with E-state index >= 15 is 0 Å². The van der Waals surface area contributed by atoms with Crippen LogP contribution in [-0.4, -0.2) is 17.0 Å². The second-order valence-corrected chi connectivity index (χ2v) is 6.56. The molecule has 0 aliphatic heterocycles. The molecule has 3 heteroatoms. The van der Waals surface area contributed by atoms with Gasteiger partial charge in [0.1, 0.15) is 5.78 Å². The molecule has 0 heterocycles. The van der Waals surface area contributed by atoms with E-state index in [1.807, 2.05) is 6.92 Å². The van der Waals surface area contributed by atoms with Gasteiger partial charge < -0.3 is 4.79 Å². The summed E-state index contributed by atoms with van der Waals surface area (Å²) < 4.78 is 0. The third-order valence-corrected chi connectivity index (χ3v) is 3.58. The van der Waals surface area contributed by atoms with Gasteiger partial charge in [-0.05, 0) is 20.3 Å². The van der Waals surface area contributed by atoms with Crippen LogP contribution in [0.1, 0.15) is 98.8 Å². The number of halogens is 2. The summed E-state index contributed by atoms with van der Waals surface area (Å²) >= 11 is 10.5. The topological polar surface area (TPSA) is 17.1 Å².